The maximum absolute atomic E-state index is 12.3. The maximum Gasteiger partial charge on any atom is 0.355 e. The van der Waals surface area contributed by atoms with E-state index in [4.69, 9.17) is 14.2 Å². The average Bonchev–Trinajstić information content (AvgIpc) is 2.88. The highest BCUT2D eigenvalue weighted by atomic mass is 16.6. The van der Waals surface area contributed by atoms with Gasteiger partial charge >= 0.3 is 17.9 Å². The SMILES string of the molecule is Cc1[nH]c(C(=O)O[C@@H]2C[C@H](C)OC2=O)c(C)c1C(=O)OC(C)C. The number of rotatable bonds is 4. The van der Waals surface area contributed by atoms with Crippen LogP contribution in [0.5, 0.6) is 0 Å². The molecule has 0 unspecified atom stereocenters. The number of esters is 3. The summed E-state index contributed by atoms with van der Waals surface area (Å²) in [5.41, 5.74) is 1.42. The Morgan fingerprint density at radius 2 is 1.91 bits per heavy atom. The quantitative estimate of drug-likeness (QED) is 0.673. The highest BCUT2D eigenvalue weighted by Gasteiger charge is 2.36. The number of ether oxygens (including phenoxy) is 3. The molecule has 1 aliphatic rings. The van der Waals surface area contributed by atoms with Gasteiger partial charge in [-0.1, -0.05) is 0 Å². The molecule has 1 fully saturated rings. The lowest BCUT2D eigenvalue weighted by Gasteiger charge is -2.09. The summed E-state index contributed by atoms with van der Waals surface area (Å²) in [6, 6.07) is 0. The Morgan fingerprint density at radius 1 is 1.26 bits per heavy atom. The van der Waals surface area contributed by atoms with Gasteiger partial charge in [0.15, 0.2) is 0 Å². The van der Waals surface area contributed by atoms with Gasteiger partial charge in [0, 0.05) is 12.1 Å². The number of hydrogen-bond acceptors (Lipinski definition) is 6. The van der Waals surface area contributed by atoms with E-state index in [0.29, 0.717) is 23.2 Å². The standard InChI is InChI=1S/C16H21NO6/c1-7(2)21-15(19)12-9(4)13(17-10(12)5)16(20)23-11-6-8(3)22-14(11)18/h7-8,11,17H,6H2,1-5H3/t8-,11+/m0/s1. The van der Waals surface area contributed by atoms with E-state index < -0.39 is 24.0 Å². The minimum atomic E-state index is -0.911. The van der Waals surface area contributed by atoms with Crippen molar-refractivity contribution in [2.45, 2.75) is 59.4 Å². The Morgan fingerprint density at radius 3 is 2.43 bits per heavy atom. The topological polar surface area (TPSA) is 94.7 Å². The van der Waals surface area contributed by atoms with E-state index in [9.17, 15) is 14.4 Å². The molecule has 1 aromatic heterocycles. The first kappa shape index (κ1) is 17.1. The third-order valence-corrected chi connectivity index (χ3v) is 3.56. The van der Waals surface area contributed by atoms with Crippen molar-refractivity contribution in [3.63, 3.8) is 0 Å². The molecule has 2 rings (SSSR count). The van der Waals surface area contributed by atoms with Crippen molar-refractivity contribution < 1.29 is 28.6 Å². The van der Waals surface area contributed by atoms with Crippen molar-refractivity contribution in [3.05, 3.63) is 22.5 Å². The van der Waals surface area contributed by atoms with Crippen LogP contribution in [0.2, 0.25) is 0 Å². The van der Waals surface area contributed by atoms with Gasteiger partial charge in [0.1, 0.15) is 11.8 Å². The molecule has 2 atom stereocenters. The molecule has 0 spiro atoms. The van der Waals surface area contributed by atoms with Gasteiger partial charge in [-0.3, -0.25) is 0 Å². The van der Waals surface area contributed by atoms with Crippen molar-refractivity contribution in [2.24, 2.45) is 0 Å². The lowest BCUT2D eigenvalue weighted by molar-refractivity contribution is -0.147. The molecule has 23 heavy (non-hydrogen) atoms. The smallest absolute Gasteiger partial charge is 0.355 e. The van der Waals surface area contributed by atoms with E-state index in [0.717, 1.165) is 0 Å². The summed E-state index contributed by atoms with van der Waals surface area (Å²) in [4.78, 5) is 38.8. The van der Waals surface area contributed by atoms with Gasteiger partial charge in [0.25, 0.3) is 0 Å². The van der Waals surface area contributed by atoms with Gasteiger partial charge in [-0.2, -0.15) is 0 Å². The molecular formula is C16H21NO6. The van der Waals surface area contributed by atoms with E-state index in [1.165, 1.54) is 0 Å². The molecule has 126 valence electrons. The largest absolute Gasteiger partial charge is 0.460 e. The molecule has 0 radical (unpaired) electrons. The van der Waals surface area contributed by atoms with Crippen LogP contribution in [0, 0.1) is 13.8 Å². The van der Waals surface area contributed by atoms with E-state index in [2.05, 4.69) is 4.98 Å². The minimum Gasteiger partial charge on any atom is -0.460 e. The van der Waals surface area contributed by atoms with Crippen LogP contribution in [0.1, 0.15) is 59.3 Å². The molecular weight excluding hydrogens is 302 g/mol. The summed E-state index contributed by atoms with van der Waals surface area (Å²) in [5.74, 6) is -1.74. The summed E-state index contributed by atoms with van der Waals surface area (Å²) in [6.07, 6.45) is -1.12. The van der Waals surface area contributed by atoms with Gasteiger partial charge < -0.3 is 19.2 Å². The van der Waals surface area contributed by atoms with Crippen molar-refractivity contribution in [2.75, 3.05) is 0 Å². The lowest BCUT2D eigenvalue weighted by atomic mass is 10.1. The van der Waals surface area contributed by atoms with Crippen LogP contribution in [0.25, 0.3) is 0 Å². The first-order valence-corrected chi connectivity index (χ1v) is 7.52. The molecule has 2 heterocycles. The summed E-state index contributed by atoms with van der Waals surface area (Å²) in [5, 5.41) is 0. The Hall–Kier alpha value is -2.31. The zero-order chi connectivity index (χ0) is 17.3. The molecule has 0 aromatic carbocycles. The number of aryl methyl sites for hydroxylation is 1. The number of aromatic amines is 1. The molecule has 1 aliphatic heterocycles. The molecule has 0 aliphatic carbocycles. The van der Waals surface area contributed by atoms with Crippen LogP contribution < -0.4 is 0 Å². The highest BCUT2D eigenvalue weighted by molar-refractivity contribution is 5.99. The maximum atomic E-state index is 12.3. The second-order valence-corrected chi connectivity index (χ2v) is 5.96. The van der Waals surface area contributed by atoms with E-state index >= 15 is 0 Å². The number of nitrogens with one attached hydrogen (secondary N) is 1. The van der Waals surface area contributed by atoms with E-state index in [1.807, 2.05) is 0 Å². The Kier molecular flexibility index (Phi) is 4.77. The third kappa shape index (κ3) is 3.55. The van der Waals surface area contributed by atoms with Crippen molar-refractivity contribution in [1.82, 2.24) is 4.98 Å². The van der Waals surface area contributed by atoms with Gasteiger partial charge in [0.05, 0.1) is 11.7 Å². The Bertz CT molecular complexity index is 645. The van der Waals surface area contributed by atoms with E-state index in [-0.39, 0.29) is 17.9 Å². The molecule has 0 saturated carbocycles. The van der Waals surface area contributed by atoms with Crippen molar-refractivity contribution in [3.8, 4) is 0 Å². The molecule has 7 nitrogen and oxygen atoms in total. The number of hydrogen-bond donors (Lipinski definition) is 1. The predicted octanol–water partition coefficient (Wildman–Crippen LogP) is 2.06. The summed E-state index contributed by atoms with van der Waals surface area (Å²) in [7, 11) is 0. The molecule has 0 amide bonds. The van der Waals surface area contributed by atoms with Crippen LogP contribution >= 0.6 is 0 Å². The number of H-pyrrole nitrogens is 1. The van der Waals surface area contributed by atoms with Crippen LogP contribution in [0.3, 0.4) is 0 Å². The zero-order valence-electron chi connectivity index (χ0n) is 13.9. The Balaban J connectivity index is 2.19. The fourth-order valence-corrected chi connectivity index (χ4v) is 2.54. The van der Waals surface area contributed by atoms with Gasteiger partial charge in [-0.25, -0.2) is 14.4 Å². The highest BCUT2D eigenvalue weighted by Crippen LogP contribution is 2.23. The Labute approximate surface area is 134 Å². The zero-order valence-corrected chi connectivity index (χ0v) is 13.9. The van der Waals surface area contributed by atoms with Gasteiger partial charge in [-0.15, -0.1) is 0 Å². The second kappa shape index (κ2) is 6.44. The van der Waals surface area contributed by atoms with Crippen molar-refractivity contribution >= 4 is 17.9 Å². The lowest BCUT2D eigenvalue weighted by Crippen LogP contribution is -2.23. The first-order chi connectivity index (χ1) is 10.7. The van der Waals surface area contributed by atoms with E-state index in [1.54, 1.807) is 34.6 Å². The van der Waals surface area contributed by atoms with Crippen LogP contribution in [-0.2, 0) is 19.0 Å². The van der Waals surface area contributed by atoms with Gasteiger partial charge in [-0.05, 0) is 40.2 Å². The fourth-order valence-electron chi connectivity index (χ4n) is 2.54. The average molecular weight is 323 g/mol. The fraction of sp³-hybridized carbons (Fsp3) is 0.562. The summed E-state index contributed by atoms with van der Waals surface area (Å²) >= 11 is 0. The summed E-state index contributed by atoms with van der Waals surface area (Å²) in [6.45, 7) is 8.53. The number of carbonyl (C=O) groups excluding carboxylic acids is 3. The van der Waals surface area contributed by atoms with Crippen molar-refractivity contribution in [1.29, 1.82) is 0 Å². The normalized spacial score (nSPS) is 20.5. The number of cyclic esters (lactones) is 1. The third-order valence-electron chi connectivity index (χ3n) is 3.56. The molecule has 0 bridgehead atoms. The molecule has 1 aromatic rings. The van der Waals surface area contributed by atoms with Crippen LogP contribution in [0.4, 0.5) is 0 Å². The predicted molar refractivity (Wildman–Crippen MR) is 80.2 cm³/mol. The molecule has 7 heteroatoms. The molecule has 1 N–H and O–H groups in total. The number of carbonyl (C=O) groups is 3. The first-order valence-electron chi connectivity index (χ1n) is 7.52. The van der Waals surface area contributed by atoms with Gasteiger partial charge in [0.2, 0.25) is 6.10 Å². The van der Waals surface area contributed by atoms with Crippen LogP contribution in [-0.4, -0.2) is 41.2 Å². The summed E-state index contributed by atoms with van der Waals surface area (Å²) < 4.78 is 15.3. The number of aromatic nitrogens is 1. The molecule has 1 saturated heterocycles. The minimum absolute atomic E-state index is 0.144. The van der Waals surface area contributed by atoms with Crippen LogP contribution in [0.15, 0.2) is 0 Å². The second-order valence-electron chi connectivity index (χ2n) is 5.96. The monoisotopic (exact) mass is 323 g/mol.